The van der Waals surface area contributed by atoms with Gasteiger partial charge in [0.2, 0.25) is 0 Å². The highest BCUT2D eigenvalue weighted by Gasteiger charge is 2.13. The van der Waals surface area contributed by atoms with Gasteiger partial charge in [-0.3, -0.25) is 14.6 Å². The topological polar surface area (TPSA) is 71.1 Å². The van der Waals surface area contributed by atoms with Crippen molar-refractivity contribution >= 4 is 34.8 Å². The van der Waals surface area contributed by atoms with Gasteiger partial charge in [-0.05, 0) is 48.9 Å². The van der Waals surface area contributed by atoms with Gasteiger partial charge in [0.25, 0.3) is 11.8 Å². The molecule has 5 nitrogen and oxygen atoms in total. The van der Waals surface area contributed by atoms with Crippen molar-refractivity contribution in [1.29, 1.82) is 0 Å². The SMILES string of the molecule is Cc1ccc(Cl)cc1NC(=O)c1cncc(C(=O)Nc2cccc(F)c2)c1. The number of benzene rings is 2. The molecule has 0 fully saturated rings. The first-order valence-electron chi connectivity index (χ1n) is 8.02. The minimum Gasteiger partial charge on any atom is -0.322 e. The van der Waals surface area contributed by atoms with Crippen LogP contribution < -0.4 is 10.6 Å². The number of rotatable bonds is 4. The molecule has 0 aliphatic carbocycles. The van der Waals surface area contributed by atoms with E-state index in [1.807, 2.05) is 6.92 Å². The molecule has 0 aliphatic heterocycles. The summed E-state index contributed by atoms with van der Waals surface area (Å²) in [6.45, 7) is 1.84. The molecule has 136 valence electrons. The molecule has 0 saturated carbocycles. The molecule has 0 aliphatic rings. The first-order valence-corrected chi connectivity index (χ1v) is 8.39. The number of hydrogen-bond donors (Lipinski definition) is 2. The van der Waals surface area contributed by atoms with E-state index in [0.29, 0.717) is 16.4 Å². The van der Waals surface area contributed by atoms with Crippen molar-refractivity contribution in [2.24, 2.45) is 0 Å². The van der Waals surface area contributed by atoms with E-state index in [1.165, 1.54) is 36.7 Å². The lowest BCUT2D eigenvalue weighted by Gasteiger charge is -2.10. The van der Waals surface area contributed by atoms with E-state index in [1.54, 1.807) is 24.3 Å². The Morgan fingerprint density at radius 2 is 1.67 bits per heavy atom. The highest BCUT2D eigenvalue weighted by molar-refractivity contribution is 6.31. The number of nitrogens with one attached hydrogen (secondary N) is 2. The fourth-order valence-electron chi connectivity index (χ4n) is 2.38. The molecule has 0 atom stereocenters. The second-order valence-corrected chi connectivity index (χ2v) is 6.28. The van der Waals surface area contributed by atoms with Crippen molar-refractivity contribution in [3.05, 3.63) is 88.5 Å². The van der Waals surface area contributed by atoms with Crippen LogP contribution in [-0.2, 0) is 0 Å². The Kier molecular flexibility index (Phi) is 5.47. The Labute approximate surface area is 160 Å². The number of carbonyl (C=O) groups is 2. The lowest BCUT2D eigenvalue weighted by molar-refractivity contribution is 0.102. The van der Waals surface area contributed by atoms with Crippen molar-refractivity contribution in [3.63, 3.8) is 0 Å². The van der Waals surface area contributed by atoms with Crippen LogP contribution in [0.5, 0.6) is 0 Å². The molecule has 2 aromatic carbocycles. The lowest BCUT2D eigenvalue weighted by atomic mass is 10.1. The van der Waals surface area contributed by atoms with Gasteiger partial charge < -0.3 is 10.6 Å². The average Bonchev–Trinajstić information content (AvgIpc) is 2.65. The number of amides is 2. The predicted molar refractivity (Wildman–Crippen MR) is 103 cm³/mol. The van der Waals surface area contributed by atoms with Crippen LogP contribution in [0, 0.1) is 12.7 Å². The van der Waals surface area contributed by atoms with Crippen LogP contribution in [0.25, 0.3) is 0 Å². The van der Waals surface area contributed by atoms with Gasteiger partial charge in [-0.1, -0.05) is 23.7 Å². The van der Waals surface area contributed by atoms with E-state index in [9.17, 15) is 14.0 Å². The number of hydrogen-bond acceptors (Lipinski definition) is 3. The highest BCUT2D eigenvalue weighted by atomic mass is 35.5. The maximum atomic E-state index is 13.2. The normalized spacial score (nSPS) is 10.3. The van der Waals surface area contributed by atoms with Crippen LogP contribution in [0.3, 0.4) is 0 Å². The summed E-state index contributed by atoms with van der Waals surface area (Å²) in [5.74, 6) is -1.38. The third kappa shape index (κ3) is 4.68. The van der Waals surface area contributed by atoms with Crippen molar-refractivity contribution in [2.45, 2.75) is 6.92 Å². The largest absolute Gasteiger partial charge is 0.322 e. The Bertz CT molecular complexity index is 1020. The van der Waals surface area contributed by atoms with Gasteiger partial charge >= 0.3 is 0 Å². The van der Waals surface area contributed by atoms with Crippen molar-refractivity contribution in [3.8, 4) is 0 Å². The van der Waals surface area contributed by atoms with E-state index in [4.69, 9.17) is 11.6 Å². The molecule has 0 spiro atoms. The summed E-state index contributed by atoms with van der Waals surface area (Å²) >= 11 is 5.96. The van der Waals surface area contributed by atoms with Crippen LogP contribution >= 0.6 is 11.6 Å². The highest BCUT2D eigenvalue weighted by Crippen LogP contribution is 2.21. The summed E-state index contributed by atoms with van der Waals surface area (Å²) in [6, 6.07) is 12.1. The molecule has 0 saturated heterocycles. The predicted octanol–water partition coefficient (Wildman–Crippen LogP) is 4.69. The molecule has 0 bridgehead atoms. The molecule has 7 heteroatoms. The lowest BCUT2D eigenvalue weighted by Crippen LogP contribution is -2.16. The molecule has 27 heavy (non-hydrogen) atoms. The van der Waals surface area contributed by atoms with Gasteiger partial charge in [0.15, 0.2) is 0 Å². The summed E-state index contributed by atoms with van der Waals surface area (Å²) in [6.07, 6.45) is 2.68. The monoisotopic (exact) mass is 383 g/mol. The number of pyridine rings is 1. The molecular weight excluding hydrogens is 369 g/mol. The molecule has 0 radical (unpaired) electrons. The first-order chi connectivity index (χ1) is 12.9. The summed E-state index contributed by atoms with van der Waals surface area (Å²) in [7, 11) is 0. The van der Waals surface area contributed by atoms with Crippen molar-refractivity contribution < 1.29 is 14.0 Å². The van der Waals surface area contributed by atoms with Crippen LogP contribution in [0.1, 0.15) is 26.3 Å². The smallest absolute Gasteiger partial charge is 0.257 e. The zero-order valence-electron chi connectivity index (χ0n) is 14.3. The first kappa shape index (κ1) is 18.5. The third-order valence-corrected chi connectivity index (χ3v) is 4.03. The standard InChI is InChI=1S/C20H15ClFN3O2/c1-12-5-6-15(21)8-18(12)25-20(27)14-7-13(10-23-11-14)19(26)24-17-4-2-3-16(22)9-17/h2-11H,1H3,(H,24,26)(H,25,27). The van der Waals surface area contributed by atoms with E-state index >= 15 is 0 Å². The quantitative estimate of drug-likeness (QED) is 0.686. The number of carbonyl (C=O) groups excluding carboxylic acids is 2. The van der Waals surface area contributed by atoms with Gasteiger partial charge in [-0.15, -0.1) is 0 Å². The molecule has 2 N–H and O–H groups in total. The number of aromatic nitrogens is 1. The second-order valence-electron chi connectivity index (χ2n) is 5.84. The number of nitrogens with zero attached hydrogens (tertiary/aromatic N) is 1. The Morgan fingerprint density at radius 1 is 0.963 bits per heavy atom. The number of halogens is 2. The van der Waals surface area contributed by atoms with Crippen LogP contribution in [0.4, 0.5) is 15.8 Å². The maximum absolute atomic E-state index is 13.2. The molecule has 1 aromatic heterocycles. The zero-order valence-corrected chi connectivity index (χ0v) is 15.0. The number of aryl methyl sites for hydroxylation is 1. The Morgan fingerprint density at radius 3 is 2.37 bits per heavy atom. The molecule has 3 rings (SSSR count). The van der Waals surface area contributed by atoms with Gasteiger partial charge in [0, 0.05) is 28.8 Å². The summed E-state index contributed by atoms with van der Waals surface area (Å²) < 4.78 is 13.2. The van der Waals surface area contributed by atoms with E-state index in [2.05, 4.69) is 15.6 Å². The fourth-order valence-corrected chi connectivity index (χ4v) is 2.55. The Balaban J connectivity index is 1.77. The summed E-state index contributed by atoms with van der Waals surface area (Å²) in [5.41, 5.74) is 2.11. The van der Waals surface area contributed by atoms with Crippen molar-refractivity contribution in [1.82, 2.24) is 4.98 Å². The second kappa shape index (κ2) is 7.97. The number of anilines is 2. The zero-order chi connectivity index (χ0) is 19.4. The van der Waals surface area contributed by atoms with Gasteiger partial charge in [0.05, 0.1) is 11.1 Å². The average molecular weight is 384 g/mol. The Hall–Kier alpha value is -3.25. The van der Waals surface area contributed by atoms with Gasteiger partial charge in [-0.2, -0.15) is 0 Å². The van der Waals surface area contributed by atoms with E-state index in [0.717, 1.165) is 5.56 Å². The maximum Gasteiger partial charge on any atom is 0.257 e. The van der Waals surface area contributed by atoms with Gasteiger partial charge in [0.1, 0.15) is 5.82 Å². The van der Waals surface area contributed by atoms with Crippen molar-refractivity contribution in [2.75, 3.05) is 10.6 Å². The van der Waals surface area contributed by atoms with E-state index < -0.39 is 17.6 Å². The van der Waals surface area contributed by atoms with E-state index in [-0.39, 0.29) is 11.1 Å². The molecule has 3 aromatic rings. The van der Waals surface area contributed by atoms with Crippen LogP contribution in [-0.4, -0.2) is 16.8 Å². The van der Waals surface area contributed by atoms with Crippen LogP contribution in [0.15, 0.2) is 60.9 Å². The minimum atomic E-state index is -0.498. The molecule has 2 amide bonds. The molecule has 0 unspecified atom stereocenters. The fraction of sp³-hybridized carbons (Fsp3) is 0.0500. The third-order valence-electron chi connectivity index (χ3n) is 3.79. The van der Waals surface area contributed by atoms with Crippen LogP contribution in [0.2, 0.25) is 5.02 Å². The van der Waals surface area contributed by atoms with Gasteiger partial charge in [-0.25, -0.2) is 4.39 Å². The molecule has 1 heterocycles. The summed E-state index contributed by atoms with van der Waals surface area (Å²) in [5, 5.41) is 5.81. The minimum absolute atomic E-state index is 0.176. The molecular formula is C20H15ClFN3O2. The summed E-state index contributed by atoms with van der Waals surface area (Å²) in [4.78, 5) is 28.8.